The van der Waals surface area contributed by atoms with Crippen molar-refractivity contribution in [3.05, 3.63) is 64.2 Å². The Morgan fingerprint density at radius 2 is 1.93 bits per heavy atom. The van der Waals surface area contributed by atoms with Crippen molar-refractivity contribution in [1.29, 1.82) is 0 Å². The summed E-state index contributed by atoms with van der Waals surface area (Å²) in [4.78, 5) is 22.0. The zero-order valence-electron chi connectivity index (χ0n) is 15.9. The molecule has 1 aromatic heterocycles. The topological polar surface area (TPSA) is 102 Å². The van der Waals surface area contributed by atoms with Gasteiger partial charge in [-0.1, -0.05) is 12.1 Å². The van der Waals surface area contributed by atoms with E-state index in [1.165, 1.54) is 12.1 Å². The Hall–Kier alpha value is -3.52. The molecule has 8 heteroatoms. The van der Waals surface area contributed by atoms with Gasteiger partial charge in [0.25, 0.3) is 5.69 Å². The predicted molar refractivity (Wildman–Crippen MR) is 109 cm³/mol. The molecule has 0 saturated carbocycles. The molecule has 3 aromatic rings. The Labute approximate surface area is 167 Å². The zero-order valence-corrected chi connectivity index (χ0v) is 15.9. The fourth-order valence-electron chi connectivity index (χ4n) is 3.41. The van der Waals surface area contributed by atoms with E-state index >= 15 is 0 Å². The van der Waals surface area contributed by atoms with Crippen LogP contribution in [-0.4, -0.2) is 46.8 Å². The Morgan fingerprint density at radius 1 is 1.17 bits per heavy atom. The molecule has 0 fully saturated rings. The molecule has 1 aliphatic heterocycles. The van der Waals surface area contributed by atoms with Gasteiger partial charge in [-0.25, -0.2) is 9.97 Å². The number of benzene rings is 2. The van der Waals surface area contributed by atoms with Gasteiger partial charge in [-0.2, -0.15) is 0 Å². The molecule has 1 N–H and O–H groups in total. The third-order valence-electron chi connectivity index (χ3n) is 4.87. The molecular formula is C21H20N4O4. The second-order valence-corrected chi connectivity index (χ2v) is 6.74. The van der Waals surface area contributed by atoms with Crippen LogP contribution in [0.15, 0.2) is 48.5 Å². The summed E-state index contributed by atoms with van der Waals surface area (Å²) in [5.74, 6) is 1.95. The Morgan fingerprint density at radius 3 is 2.66 bits per heavy atom. The molecule has 0 unspecified atom stereocenters. The van der Waals surface area contributed by atoms with Crippen LogP contribution in [0.5, 0.6) is 5.75 Å². The molecule has 0 radical (unpaired) electrons. The summed E-state index contributed by atoms with van der Waals surface area (Å²) in [6.07, 6.45) is 0.635. The molecule has 1 aliphatic rings. The lowest BCUT2D eigenvalue weighted by atomic mass is 10.0. The van der Waals surface area contributed by atoms with E-state index in [0.717, 1.165) is 28.4 Å². The van der Waals surface area contributed by atoms with Crippen molar-refractivity contribution in [2.75, 3.05) is 31.7 Å². The van der Waals surface area contributed by atoms with E-state index in [1.54, 1.807) is 12.1 Å². The van der Waals surface area contributed by atoms with Gasteiger partial charge in [-0.05, 0) is 24.3 Å². The number of para-hydroxylation sites is 1. The highest BCUT2D eigenvalue weighted by Crippen LogP contribution is 2.38. The maximum Gasteiger partial charge on any atom is 0.269 e. The smallest absolute Gasteiger partial charge is 0.269 e. The van der Waals surface area contributed by atoms with Crippen molar-refractivity contribution in [3.63, 3.8) is 0 Å². The van der Waals surface area contributed by atoms with Gasteiger partial charge in [-0.15, -0.1) is 0 Å². The minimum absolute atomic E-state index is 0.00473. The molecular weight excluding hydrogens is 372 g/mol. The second kappa shape index (κ2) is 7.84. The lowest BCUT2D eigenvalue weighted by Gasteiger charge is -2.22. The van der Waals surface area contributed by atoms with E-state index in [2.05, 4.69) is 0 Å². The van der Waals surface area contributed by atoms with Crippen LogP contribution in [-0.2, 0) is 6.42 Å². The number of ether oxygens (including phenoxy) is 1. The Balaban J connectivity index is 1.91. The average Bonchev–Trinajstić information content (AvgIpc) is 2.93. The highest BCUT2D eigenvalue weighted by atomic mass is 16.6. The Bertz CT molecular complexity index is 1050. The molecule has 29 heavy (non-hydrogen) atoms. The molecule has 0 saturated heterocycles. The van der Waals surface area contributed by atoms with E-state index in [0.29, 0.717) is 31.0 Å². The third kappa shape index (κ3) is 3.62. The number of rotatable bonds is 5. The fraction of sp³-hybridized carbons (Fsp3) is 0.238. The molecule has 0 aliphatic carbocycles. The molecule has 0 amide bonds. The van der Waals surface area contributed by atoms with Crippen molar-refractivity contribution in [1.82, 2.24) is 9.97 Å². The second-order valence-electron chi connectivity index (χ2n) is 6.74. The molecule has 0 bridgehead atoms. The van der Waals surface area contributed by atoms with Gasteiger partial charge >= 0.3 is 0 Å². The maximum absolute atomic E-state index is 11.0. The normalized spacial score (nSPS) is 12.3. The third-order valence-corrected chi connectivity index (χ3v) is 4.87. The summed E-state index contributed by atoms with van der Waals surface area (Å²) < 4.78 is 5.90. The standard InChI is InChI=1S/C21H20N4O4/c1-24(11-12-26)21-17-10-13-29-18-5-3-2-4-16(18)19(17)22-20(23-21)14-6-8-15(9-7-14)25(27)28/h2-9,26H,10-13H2,1H3. The van der Waals surface area contributed by atoms with Crippen LogP contribution in [0.25, 0.3) is 22.6 Å². The van der Waals surface area contributed by atoms with E-state index < -0.39 is 4.92 Å². The number of anilines is 1. The summed E-state index contributed by atoms with van der Waals surface area (Å²) in [5, 5.41) is 20.4. The van der Waals surface area contributed by atoms with Gasteiger partial charge in [0, 0.05) is 48.8 Å². The minimum Gasteiger partial charge on any atom is -0.493 e. The van der Waals surface area contributed by atoms with E-state index in [-0.39, 0.29) is 12.3 Å². The van der Waals surface area contributed by atoms with Gasteiger partial charge in [0.2, 0.25) is 0 Å². The van der Waals surface area contributed by atoms with Crippen LogP contribution in [0, 0.1) is 10.1 Å². The van der Waals surface area contributed by atoms with Crippen molar-refractivity contribution in [2.24, 2.45) is 0 Å². The van der Waals surface area contributed by atoms with Crippen LogP contribution in [0.3, 0.4) is 0 Å². The molecule has 4 rings (SSSR count). The number of nitrogens with zero attached hydrogens (tertiary/aromatic N) is 4. The number of fused-ring (bicyclic) bond motifs is 3. The number of hydrogen-bond acceptors (Lipinski definition) is 7. The van der Waals surface area contributed by atoms with Gasteiger partial charge in [-0.3, -0.25) is 10.1 Å². The number of aliphatic hydroxyl groups is 1. The lowest BCUT2D eigenvalue weighted by Crippen LogP contribution is -2.24. The lowest BCUT2D eigenvalue weighted by molar-refractivity contribution is -0.384. The highest BCUT2D eigenvalue weighted by molar-refractivity contribution is 5.77. The summed E-state index contributed by atoms with van der Waals surface area (Å²) in [6, 6.07) is 13.9. The van der Waals surface area contributed by atoms with Gasteiger partial charge < -0.3 is 14.7 Å². The van der Waals surface area contributed by atoms with E-state index in [1.807, 2.05) is 36.2 Å². The van der Waals surface area contributed by atoms with Crippen LogP contribution in [0.4, 0.5) is 11.5 Å². The zero-order chi connectivity index (χ0) is 20.4. The van der Waals surface area contributed by atoms with Crippen molar-refractivity contribution in [2.45, 2.75) is 6.42 Å². The largest absolute Gasteiger partial charge is 0.493 e. The average molecular weight is 392 g/mol. The van der Waals surface area contributed by atoms with Gasteiger partial charge in [0.15, 0.2) is 5.82 Å². The summed E-state index contributed by atoms with van der Waals surface area (Å²) in [5.41, 5.74) is 3.31. The van der Waals surface area contributed by atoms with Crippen molar-refractivity contribution in [3.8, 4) is 28.4 Å². The van der Waals surface area contributed by atoms with Crippen LogP contribution in [0.2, 0.25) is 0 Å². The Kier molecular flexibility index (Phi) is 5.09. The molecule has 0 atom stereocenters. The van der Waals surface area contributed by atoms with Crippen molar-refractivity contribution >= 4 is 11.5 Å². The first-order valence-corrected chi connectivity index (χ1v) is 9.28. The molecule has 8 nitrogen and oxygen atoms in total. The number of non-ortho nitro benzene ring substituents is 1. The number of hydrogen-bond donors (Lipinski definition) is 1. The monoisotopic (exact) mass is 392 g/mol. The van der Waals surface area contributed by atoms with Gasteiger partial charge in [0.1, 0.15) is 11.6 Å². The maximum atomic E-state index is 11.0. The molecule has 2 heterocycles. The van der Waals surface area contributed by atoms with E-state index in [9.17, 15) is 15.2 Å². The first-order valence-electron chi connectivity index (χ1n) is 9.28. The fourth-order valence-corrected chi connectivity index (χ4v) is 3.41. The quantitative estimate of drug-likeness (QED) is 0.526. The van der Waals surface area contributed by atoms with Gasteiger partial charge in [0.05, 0.1) is 23.8 Å². The highest BCUT2D eigenvalue weighted by Gasteiger charge is 2.24. The number of nitro groups is 1. The summed E-state index contributed by atoms with van der Waals surface area (Å²) in [6.45, 7) is 0.922. The van der Waals surface area contributed by atoms with Crippen LogP contribution in [0.1, 0.15) is 5.56 Å². The number of nitro benzene ring substituents is 1. The number of aliphatic hydroxyl groups excluding tert-OH is 1. The molecule has 0 spiro atoms. The first-order chi connectivity index (χ1) is 14.1. The number of likely N-dealkylation sites (N-methyl/N-ethyl adjacent to an activating group) is 1. The first kappa shape index (κ1) is 18.8. The van der Waals surface area contributed by atoms with Crippen molar-refractivity contribution < 1.29 is 14.8 Å². The SMILES string of the molecule is CN(CCO)c1nc(-c2ccc([N+](=O)[O-])cc2)nc2c1CCOc1ccccc1-2. The van der Waals surface area contributed by atoms with Crippen LogP contribution < -0.4 is 9.64 Å². The van der Waals surface area contributed by atoms with E-state index in [4.69, 9.17) is 14.7 Å². The minimum atomic E-state index is -0.435. The van der Waals surface area contributed by atoms with Crippen LogP contribution >= 0.6 is 0 Å². The number of aromatic nitrogens is 2. The molecule has 148 valence electrons. The summed E-state index contributed by atoms with van der Waals surface area (Å²) in [7, 11) is 1.87. The summed E-state index contributed by atoms with van der Waals surface area (Å²) >= 11 is 0. The molecule has 2 aromatic carbocycles. The predicted octanol–water partition coefficient (Wildman–Crippen LogP) is 3.08.